The van der Waals surface area contributed by atoms with E-state index in [4.69, 9.17) is 4.74 Å². The fourth-order valence-electron chi connectivity index (χ4n) is 4.72. The molecule has 29 heavy (non-hydrogen) atoms. The van der Waals surface area contributed by atoms with Crippen LogP contribution in [0.1, 0.15) is 87.6 Å². The van der Waals surface area contributed by atoms with Crippen molar-refractivity contribution >= 4 is 6.08 Å². The minimum atomic E-state index is 0.0453. The lowest BCUT2D eigenvalue weighted by molar-refractivity contribution is 0.337. The molecular weight excluding hydrogens is 352 g/mol. The van der Waals surface area contributed by atoms with Crippen molar-refractivity contribution in [1.82, 2.24) is 0 Å². The molecule has 156 valence electrons. The smallest absolute Gasteiger partial charge is 0.122 e. The van der Waals surface area contributed by atoms with Gasteiger partial charge in [0.2, 0.25) is 0 Å². The molecule has 0 radical (unpaired) electrons. The molecule has 0 heterocycles. The second-order valence-electron chi connectivity index (χ2n) is 8.82. The summed E-state index contributed by atoms with van der Waals surface area (Å²) < 4.78 is 5.77. The standard InChI is InChI=1S/C28H38O/c1-7-27(17-18-27)16-15-23-11-12-24(19-21(23)5)28(8-2,9-3)25-13-14-26(29-10-4)22(6)20-25/h11-16,19-20H,7-10,17-18H2,1-6H3/b16-15+. The van der Waals surface area contributed by atoms with Crippen LogP contribution in [0.25, 0.3) is 6.08 Å². The van der Waals surface area contributed by atoms with Crippen molar-refractivity contribution in [3.05, 3.63) is 70.3 Å². The van der Waals surface area contributed by atoms with Crippen LogP contribution in [0.5, 0.6) is 5.75 Å². The molecule has 2 aromatic rings. The normalized spacial score (nSPS) is 15.7. The lowest BCUT2D eigenvalue weighted by Gasteiger charge is -2.34. The minimum absolute atomic E-state index is 0.0453. The molecule has 0 amide bonds. The Morgan fingerprint density at radius 1 is 0.897 bits per heavy atom. The number of benzene rings is 2. The first-order valence-corrected chi connectivity index (χ1v) is 11.5. The summed E-state index contributed by atoms with van der Waals surface area (Å²) in [4.78, 5) is 0. The van der Waals surface area contributed by atoms with E-state index >= 15 is 0 Å². The van der Waals surface area contributed by atoms with E-state index in [1.807, 2.05) is 6.92 Å². The van der Waals surface area contributed by atoms with Gasteiger partial charge in [0.1, 0.15) is 5.75 Å². The van der Waals surface area contributed by atoms with Gasteiger partial charge in [0.25, 0.3) is 0 Å². The van der Waals surface area contributed by atoms with E-state index in [1.165, 1.54) is 47.1 Å². The molecule has 1 heteroatoms. The van der Waals surface area contributed by atoms with E-state index in [0.29, 0.717) is 12.0 Å². The molecule has 1 saturated carbocycles. The molecule has 0 saturated heterocycles. The molecule has 0 atom stereocenters. The van der Waals surface area contributed by atoms with E-state index in [9.17, 15) is 0 Å². The van der Waals surface area contributed by atoms with Gasteiger partial charge in [0, 0.05) is 5.41 Å². The molecule has 1 fully saturated rings. The summed E-state index contributed by atoms with van der Waals surface area (Å²) in [6.45, 7) is 14.1. The molecule has 0 N–H and O–H groups in total. The van der Waals surface area contributed by atoms with Crippen LogP contribution in [0.3, 0.4) is 0 Å². The first-order valence-electron chi connectivity index (χ1n) is 11.5. The highest BCUT2D eigenvalue weighted by molar-refractivity contribution is 5.57. The first-order chi connectivity index (χ1) is 13.9. The van der Waals surface area contributed by atoms with Gasteiger partial charge in [0.05, 0.1) is 6.61 Å². The lowest BCUT2D eigenvalue weighted by atomic mass is 9.70. The molecule has 1 aliphatic rings. The zero-order valence-electron chi connectivity index (χ0n) is 19.3. The highest BCUT2D eigenvalue weighted by Gasteiger charge is 2.37. The van der Waals surface area contributed by atoms with Gasteiger partial charge < -0.3 is 4.74 Å². The lowest BCUT2D eigenvalue weighted by Crippen LogP contribution is -2.26. The van der Waals surface area contributed by atoms with E-state index in [0.717, 1.165) is 18.6 Å². The molecule has 0 unspecified atom stereocenters. The summed E-state index contributed by atoms with van der Waals surface area (Å²) in [7, 11) is 0. The summed E-state index contributed by atoms with van der Waals surface area (Å²) in [6.07, 6.45) is 10.9. The number of hydrogen-bond donors (Lipinski definition) is 0. The summed E-state index contributed by atoms with van der Waals surface area (Å²) in [6, 6.07) is 13.9. The topological polar surface area (TPSA) is 9.23 Å². The van der Waals surface area contributed by atoms with Crippen LogP contribution in [-0.4, -0.2) is 6.61 Å². The maximum Gasteiger partial charge on any atom is 0.122 e. The van der Waals surface area contributed by atoms with Crippen molar-refractivity contribution in [1.29, 1.82) is 0 Å². The Bertz CT molecular complexity index is 866. The maximum atomic E-state index is 5.77. The van der Waals surface area contributed by atoms with Crippen molar-refractivity contribution in [3.63, 3.8) is 0 Å². The van der Waals surface area contributed by atoms with Crippen LogP contribution >= 0.6 is 0 Å². The van der Waals surface area contributed by atoms with Crippen LogP contribution in [-0.2, 0) is 5.41 Å². The molecule has 1 aliphatic carbocycles. The second-order valence-corrected chi connectivity index (χ2v) is 8.82. The van der Waals surface area contributed by atoms with Crippen LogP contribution in [0.15, 0.2) is 42.5 Å². The summed E-state index contributed by atoms with van der Waals surface area (Å²) in [5.41, 5.74) is 7.31. The Kier molecular flexibility index (Phi) is 6.56. The minimum Gasteiger partial charge on any atom is -0.494 e. The zero-order valence-corrected chi connectivity index (χ0v) is 19.3. The third-order valence-corrected chi connectivity index (χ3v) is 7.27. The predicted octanol–water partition coefficient (Wildman–Crippen LogP) is 8.01. The third kappa shape index (κ3) is 4.29. The molecule has 2 aromatic carbocycles. The highest BCUT2D eigenvalue weighted by atomic mass is 16.5. The molecule has 1 nitrogen and oxygen atoms in total. The summed E-state index contributed by atoms with van der Waals surface area (Å²) in [5, 5.41) is 0. The van der Waals surface area contributed by atoms with Crippen molar-refractivity contribution in [3.8, 4) is 5.75 Å². The maximum absolute atomic E-state index is 5.77. The SMILES string of the molecule is CCOc1ccc(C(CC)(CC)c2ccc(/C=C/C3(CC)CC3)c(C)c2)cc1C. The average Bonchev–Trinajstić information content (AvgIpc) is 3.51. The van der Waals surface area contributed by atoms with Gasteiger partial charge in [-0.25, -0.2) is 0 Å². The zero-order chi connectivity index (χ0) is 21.1. The molecule has 0 bridgehead atoms. The number of rotatable bonds is 9. The quantitative estimate of drug-likeness (QED) is 0.421. The van der Waals surface area contributed by atoms with Gasteiger partial charge in [-0.1, -0.05) is 63.3 Å². The monoisotopic (exact) mass is 390 g/mol. The number of aryl methyl sites for hydroxylation is 2. The molecule has 3 rings (SSSR count). The Hall–Kier alpha value is -2.02. The first kappa shape index (κ1) is 21.7. The number of allylic oxidation sites excluding steroid dienone is 1. The van der Waals surface area contributed by atoms with Crippen molar-refractivity contribution in [2.45, 2.75) is 79.1 Å². The number of ether oxygens (including phenoxy) is 1. The van der Waals surface area contributed by atoms with Crippen LogP contribution in [0.4, 0.5) is 0 Å². The molecule has 0 spiro atoms. The van der Waals surface area contributed by atoms with Crippen molar-refractivity contribution < 1.29 is 4.74 Å². The van der Waals surface area contributed by atoms with E-state index in [-0.39, 0.29) is 5.41 Å². The fraction of sp³-hybridized carbons (Fsp3) is 0.500. The van der Waals surface area contributed by atoms with Crippen LogP contribution in [0, 0.1) is 19.3 Å². The van der Waals surface area contributed by atoms with E-state index in [1.54, 1.807) is 0 Å². The van der Waals surface area contributed by atoms with Crippen molar-refractivity contribution in [2.75, 3.05) is 6.61 Å². The van der Waals surface area contributed by atoms with E-state index < -0.39 is 0 Å². The van der Waals surface area contributed by atoms with Crippen LogP contribution in [0.2, 0.25) is 0 Å². The van der Waals surface area contributed by atoms with Gasteiger partial charge in [-0.3, -0.25) is 0 Å². The summed E-state index contributed by atoms with van der Waals surface area (Å²) >= 11 is 0. The van der Waals surface area contributed by atoms with Gasteiger partial charge in [-0.2, -0.15) is 0 Å². The Balaban J connectivity index is 1.96. The number of hydrogen-bond acceptors (Lipinski definition) is 1. The Labute approximate surface area is 178 Å². The average molecular weight is 391 g/mol. The predicted molar refractivity (Wildman–Crippen MR) is 126 cm³/mol. The molecule has 0 aromatic heterocycles. The van der Waals surface area contributed by atoms with Crippen molar-refractivity contribution in [2.24, 2.45) is 5.41 Å². The van der Waals surface area contributed by atoms with Gasteiger partial charge in [0.15, 0.2) is 0 Å². The van der Waals surface area contributed by atoms with Gasteiger partial charge in [-0.05, 0) is 92.2 Å². The van der Waals surface area contributed by atoms with Gasteiger partial charge >= 0.3 is 0 Å². The molecular formula is C28H38O. The Morgan fingerprint density at radius 3 is 2.00 bits per heavy atom. The Morgan fingerprint density at radius 2 is 1.52 bits per heavy atom. The van der Waals surface area contributed by atoms with Crippen LogP contribution < -0.4 is 4.74 Å². The second kappa shape index (κ2) is 8.78. The highest BCUT2D eigenvalue weighted by Crippen LogP contribution is 2.50. The fourth-order valence-corrected chi connectivity index (χ4v) is 4.72. The summed E-state index contributed by atoms with van der Waals surface area (Å²) in [5.74, 6) is 0.999. The molecule has 0 aliphatic heterocycles. The van der Waals surface area contributed by atoms with Gasteiger partial charge in [-0.15, -0.1) is 0 Å². The van der Waals surface area contributed by atoms with E-state index in [2.05, 4.69) is 83.2 Å². The third-order valence-electron chi connectivity index (χ3n) is 7.27. The largest absolute Gasteiger partial charge is 0.494 e.